The van der Waals surface area contributed by atoms with Crippen molar-refractivity contribution in [3.05, 3.63) is 0 Å². The molecule has 0 atom stereocenters. The van der Waals surface area contributed by atoms with Crippen LogP contribution in [0.2, 0.25) is 0 Å². The van der Waals surface area contributed by atoms with Crippen molar-refractivity contribution in [2.45, 2.75) is 0 Å². The molecule has 0 unspecified atom stereocenters. The Morgan fingerprint density at radius 1 is 0.889 bits per heavy atom. The fourth-order valence-corrected chi connectivity index (χ4v) is 0. The molecule has 3 radical (unpaired) electrons. The van der Waals surface area contributed by atoms with Gasteiger partial charge in [-0.3, -0.25) is 9.11 Å². The van der Waals surface area contributed by atoms with Crippen LogP contribution in [-0.2, 0) is 10.4 Å². The van der Waals surface area contributed by atoms with Crippen LogP contribution in [0.25, 0.3) is 0 Å². The molecule has 8 N–H and O–H groups in total. The van der Waals surface area contributed by atoms with Crippen LogP contribution in [-0.4, -0.2) is 58.4 Å². The molecule has 0 heterocycles. The first-order valence-corrected chi connectivity index (χ1v) is 2.10. The molecular formula is H8O7SSb. The van der Waals surface area contributed by atoms with E-state index >= 15 is 0 Å². The fourth-order valence-electron chi connectivity index (χ4n) is 0. The molecular weight excluding hydrogens is 266 g/mol. The van der Waals surface area contributed by atoms with Gasteiger partial charge in [0.05, 0.1) is 0 Å². The summed E-state index contributed by atoms with van der Waals surface area (Å²) in [5.41, 5.74) is 0. The quantitative estimate of drug-likeness (QED) is 0.345. The number of rotatable bonds is 0. The minimum atomic E-state index is -4.67. The van der Waals surface area contributed by atoms with Crippen molar-refractivity contribution in [3.8, 4) is 0 Å². The van der Waals surface area contributed by atoms with Gasteiger partial charge in [0, 0.05) is 24.4 Å². The summed E-state index contributed by atoms with van der Waals surface area (Å²) in [6.45, 7) is 0. The van der Waals surface area contributed by atoms with E-state index in [1.165, 1.54) is 0 Å². The summed E-state index contributed by atoms with van der Waals surface area (Å²) in [5.74, 6) is 0. The Labute approximate surface area is 69.0 Å². The molecule has 9 heavy (non-hydrogen) atoms. The van der Waals surface area contributed by atoms with Crippen molar-refractivity contribution in [1.29, 1.82) is 0 Å². The Bertz CT molecular complexity index is 92.1. The molecule has 0 fully saturated rings. The van der Waals surface area contributed by atoms with Gasteiger partial charge in [0.15, 0.2) is 0 Å². The van der Waals surface area contributed by atoms with Crippen LogP contribution in [0.3, 0.4) is 0 Å². The number of hydrogen-bond acceptors (Lipinski definition) is 2. The van der Waals surface area contributed by atoms with E-state index in [1.54, 1.807) is 0 Å². The zero-order valence-electron chi connectivity index (χ0n) is 4.07. The fraction of sp³-hybridized carbons (Fsp3) is 0. The van der Waals surface area contributed by atoms with Crippen molar-refractivity contribution >= 4 is 34.8 Å². The van der Waals surface area contributed by atoms with Gasteiger partial charge in [-0.1, -0.05) is 0 Å². The molecule has 9 heteroatoms. The van der Waals surface area contributed by atoms with E-state index in [1.807, 2.05) is 0 Å². The number of hydrogen-bond donors (Lipinski definition) is 2. The summed E-state index contributed by atoms with van der Waals surface area (Å²) < 4.78 is 31.6. The first-order valence-electron chi connectivity index (χ1n) is 0.698. The Morgan fingerprint density at radius 2 is 0.889 bits per heavy atom. The molecule has 0 saturated carbocycles. The molecule has 0 saturated heterocycles. The summed E-state index contributed by atoms with van der Waals surface area (Å²) in [6, 6.07) is 0. The third kappa shape index (κ3) is 1140. The molecule has 0 amide bonds. The molecule has 7 nitrogen and oxygen atoms in total. The summed E-state index contributed by atoms with van der Waals surface area (Å²) in [7, 11) is -4.67. The summed E-state index contributed by atoms with van der Waals surface area (Å²) >= 11 is 0. The monoisotopic (exact) mass is 273 g/mol. The standard InChI is InChI=1S/H2O4S.3H2O.Sb/c1-5(2,3)4;;;;/h(H2,1,2,3,4);3*1H2;. The van der Waals surface area contributed by atoms with Gasteiger partial charge in [-0.15, -0.1) is 0 Å². The maximum absolute atomic E-state index is 8.74. The topological polar surface area (TPSA) is 169 Å². The molecule has 0 aliphatic carbocycles. The van der Waals surface area contributed by atoms with Gasteiger partial charge >= 0.3 is 10.4 Å². The van der Waals surface area contributed by atoms with Crippen LogP contribution in [0.4, 0.5) is 0 Å². The predicted octanol–water partition coefficient (Wildman–Crippen LogP) is -3.51. The minimum absolute atomic E-state index is 0. The first kappa shape index (κ1) is 33.7. The molecule has 0 rings (SSSR count). The largest absolute Gasteiger partial charge is 0.412 e. The Morgan fingerprint density at radius 3 is 0.889 bits per heavy atom. The third-order valence-electron chi connectivity index (χ3n) is 0. The second-order valence-electron chi connectivity index (χ2n) is 0.448. The van der Waals surface area contributed by atoms with Crippen molar-refractivity contribution in [3.63, 3.8) is 0 Å². The van der Waals surface area contributed by atoms with E-state index in [0.717, 1.165) is 0 Å². The Kier molecular flexibility index (Phi) is 42.5. The van der Waals surface area contributed by atoms with Gasteiger partial charge < -0.3 is 16.4 Å². The van der Waals surface area contributed by atoms with Crippen LogP contribution in [0.1, 0.15) is 0 Å². The smallest absolute Gasteiger partial charge is 0.394 e. The van der Waals surface area contributed by atoms with Gasteiger partial charge in [0.2, 0.25) is 0 Å². The SMILES string of the molecule is O.O.O.O=S(=O)(O)O.[Sb]. The molecule has 0 aromatic heterocycles. The minimum Gasteiger partial charge on any atom is -0.412 e. The van der Waals surface area contributed by atoms with E-state index in [2.05, 4.69) is 0 Å². The summed E-state index contributed by atoms with van der Waals surface area (Å²) in [6.07, 6.45) is 0. The summed E-state index contributed by atoms with van der Waals surface area (Å²) in [5, 5.41) is 0. The van der Waals surface area contributed by atoms with Gasteiger partial charge in [-0.2, -0.15) is 8.42 Å². The average Bonchev–Trinajstić information content (AvgIpc) is 0.722. The van der Waals surface area contributed by atoms with Crippen LogP contribution in [0.15, 0.2) is 0 Å². The normalized spacial score (nSPS) is 6.44. The molecule has 0 aromatic rings. The zero-order chi connectivity index (χ0) is 4.50. The Balaban J connectivity index is -0.0000000133. The second-order valence-corrected chi connectivity index (χ2v) is 1.34. The zero-order valence-corrected chi connectivity index (χ0v) is 7.44. The maximum Gasteiger partial charge on any atom is 0.394 e. The van der Waals surface area contributed by atoms with E-state index in [-0.39, 0.29) is 40.9 Å². The van der Waals surface area contributed by atoms with Crippen LogP contribution < -0.4 is 0 Å². The molecule has 0 aliphatic heterocycles. The Hall–Kier alpha value is 0.568. The third-order valence-corrected chi connectivity index (χ3v) is 0. The molecule has 61 valence electrons. The second kappa shape index (κ2) is 11.4. The van der Waals surface area contributed by atoms with Gasteiger partial charge in [-0.05, 0) is 0 Å². The molecule has 0 spiro atoms. The van der Waals surface area contributed by atoms with Gasteiger partial charge in [0.1, 0.15) is 0 Å². The average molecular weight is 274 g/mol. The molecule has 0 bridgehead atoms. The van der Waals surface area contributed by atoms with Crippen LogP contribution in [0.5, 0.6) is 0 Å². The first-order chi connectivity index (χ1) is 2.00. The van der Waals surface area contributed by atoms with Gasteiger partial charge in [0.25, 0.3) is 0 Å². The van der Waals surface area contributed by atoms with E-state index in [0.29, 0.717) is 0 Å². The van der Waals surface area contributed by atoms with Crippen molar-refractivity contribution in [1.82, 2.24) is 0 Å². The van der Waals surface area contributed by atoms with Crippen molar-refractivity contribution < 1.29 is 34.0 Å². The predicted molar refractivity (Wildman–Crippen MR) is 30.8 cm³/mol. The van der Waals surface area contributed by atoms with Gasteiger partial charge in [-0.25, -0.2) is 0 Å². The van der Waals surface area contributed by atoms with Crippen LogP contribution >= 0.6 is 0 Å². The van der Waals surface area contributed by atoms with E-state index < -0.39 is 10.4 Å². The van der Waals surface area contributed by atoms with Crippen molar-refractivity contribution in [2.24, 2.45) is 0 Å². The van der Waals surface area contributed by atoms with E-state index in [4.69, 9.17) is 17.5 Å². The van der Waals surface area contributed by atoms with E-state index in [9.17, 15) is 0 Å². The maximum atomic E-state index is 8.74. The summed E-state index contributed by atoms with van der Waals surface area (Å²) in [4.78, 5) is 0. The van der Waals surface area contributed by atoms with Crippen molar-refractivity contribution in [2.75, 3.05) is 0 Å². The molecule has 0 aromatic carbocycles. The molecule has 0 aliphatic rings. The van der Waals surface area contributed by atoms with Crippen LogP contribution in [0, 0.1) is 0 Å².